The zero-order valence-electron chi connectivity index (χ0n) is 21.5. The summed E-state index contributed by atoms with van der Waals surface area (Å²) in [5.74, 6) is 0.526. The Kier molecular flexibility index (Phi) is 9.12. The molecule has 0 bridgehead atoms. The standard InChI is InChI=1S/C26H37N3O4S2/c1-18(2)11-24(26(30)28(14-19(3)4)15-20(5)6)29(16-22-13-27-17-34-22)35(31,32)23-7-8-25-21(12-23)9-10-33-25/h7-10,12-13,17-20,24H,11,14-16H2,1-6H3/t24-/m0/s1. The van der Waals surface area contributed by atoms with Crippen LogP contribution in [-0.2, 0) is 21.4 Å². The van der Waals surface area contributed by atoms with Crippen molar-refractivity contribution in [3.63, 3.8) is 0 Å². The number of sulfonamides is 1. The smallest absolute Gasteiger partial charge is 0.244 e. The first kappa shape index (κ1) is 27.4. The van der Waals surface area contributed by atoms with Crippen LogP contribution in [-0.4, -0.2) is 47.6 Å². The molecule has 192 valence electrons. The van der Waals surface area contributed by atoms with Crippen LogP contribution in [0.15, 0.2) is 51.5 Å². The van der Waals surface area contributed by atoms with Crippen LogP contribution in [0.4, 0.5) is 0 Å². The van der Waals surface area contributed by atoms with Crippen LogP contribution in [0.25, 0.3) is 11.0 Å². The lowest BCUT2D eigenvalue weighted by Gasteiger charge is -2.36. The minimum atomic E-state index is -4.00. The molecule has 0 aliphatic rings. The molecule has 35 heavy (non-hydrogen) atoms. The van der Waals surface area contributed by atoms with E-state index in [0.717, 1.165) is 4.88 Å². The third kappa shape index (κ3) is 6.92. The summed E-state index contributed by atoms with van der Waals surface area (Å²) in [6.07, 6.45) is 3.64. The normalized spacial score (nSPS) is 13.4. The summed E-state index contributed by atoms with van der Waals surface area (Å²) < 4.78 is 35.0. The summed E-state index contributed by atoms with van der Waals surface area (Å²) in [5.41, 5.74) is 2.30. The molecular formula is C26H37N3O4S2. The highest BCUT2D eigenvalue weighted by atomic mass is 32.2. The first-order valence-corrected chi connectivity index (χ1v) is 14.5. The highest BCUT2D eigenvalue weighted by Gasteiger charge is 2.39. The van der Waals surface area contributed by atoms with E-state index in [1.165, 1.54) is 21.9 Å². The minimum Gasteiger partial charge on any atom is -0.464 e. The maximum absolute atomic E-state index is 14.1. The van der Waals surface area contributed by atoms with Gasteiger partial charge in [-0.25, -0.2) is 8.42 Å². The molecule has 0 saturated heterocycles. The Labute approximate surface area is 213 Å². The van der Waals surface area contributed by atoms with Crippen LogP contribution in [0.2, 0.25) is 0 Å². The monoisotopic (exact) mass is 519 g/mol. The summed E-state index contributed by atoms with van der Waals surface area (Å²) >= 11 is 1.39. The predicted molar refractivity (Wildman–Crippen MR) is 141 cm³/mol. The van der Waals surface area contributed by atoms with Crippen LogP contribution in [0.3, 0.4) is 0 Å². The van der Waals surface area contributed by atoms with Gasteiger partial charge in [0.2, 0.25) is 15.9 Å². The van der Waals surface area contributed by atoms with Crippen molar-refractivity contribution in [3.8, 4) is 0 Å². The van der Waals surface area contributed by atoms with Crippen molar-refractivity contribution in [1.82, 2.24) is 14.2 Å². The van der Waals surface area contributed by atoms with Gasteiger partial charge in [-0.05, 0) is 48.4 Å². The van der Waals surface area contributed by atoms with E-state index in [2.05, 4.69) is 32.7 Å². The Hall–Kier alpha value is -2.23. The van der Waals surface area contributed by atoms with Gasteiger partial charge in [0, 0.05) is 29.5 Å². The second-order valence-electron chi connectivity index (χ2n) is 10.3. The number of aromatic nitrogens is 1. The van der Waals surface area contributed by atoms with Crippen LogP contribution >= 0.6 is 11.3 Å². The van der Waals surface area contributed by atoms with Gasteiger partial charge in [-0.3, -0.25) is 9.78 Å². The molecule has 1 aromatic carbocycles. The quantitative estimate of drug-likeness (QED) is 0.309. The Balaban J connectivity index is 2.10. The zero-order chi connectivity index (χ0) is 25.8. The third-order valence-corrected chi connectivity index (χ3v) is 8.25. The summed E-state index contributed by atoms with van der Waals surface area (Å²) in [6, 6.07) is 5.75. The lowest BCUT2D eigenvalue weighted by Crippen LogP contribution is -2.52. The van der Waals surface area contributed by atoms with Gasteiger partial charge in [-0.15, -0.1) is 11.3 Å². The summed E-state index contributed by atoms with van der Waals surface area (Å²) in [6.45, 7) is 13.6. The number of carbonyl (C=O) groups excluding carboxylic acids is 1. The lowest BCUT2D eigenvalue weighted by molar-refractivity contribution is -0.137. The molecule has 9 heteroatoms. The van der Waals surface area contributed by atoms with Crippen molar-refractivity contribution in [2.75, 3.05) is 13.1 Å². The number of hydrogen-bond acceptors (Lipinski definition) is 6. The Morgan fingerprint density at radius 2 is 1.71 bits per heavy atom. The predicted octanol–water partition coefficient (Wildman–Crippen LogP) is 5.64. The highest BCUT2D eigenvalue weighted by molar-refractivity contribution is 7.89. The van der Waals surface area contributed by atoms with E-state index in [1.807, 2.05) is 18.7 Å². The molecule has 0 aliphatic carbocycles. The van der Waals surface area contributed by atoms with Gasteiger partial charge in [-0.1, -0.05) is 41.5 Å². The number of carbonyl (C=O) groups is 1. The second-order valence-corrected chi connectivity index (χ2v) is 13.2. The molecular weight excluding hydrogens is 482 g/mol. The second kappa shape index (κ2) is 11.7. The molecule has 3 aromatic rings. The number of amides is 1. The molecule has 0 saturated carbocycles. The SMILES string of the molecule is CC(C)C[C@@H](C(=O)N(CC(C)C)CC(C)C)N(Cc1cncs1)S(=O)(=O)c1ccc2occc2c1. The molecule has 1 amide bonds. The molecule has 0 fully saturated rings. The van der Waals surface area contributed by atoms with Crippen LogP contribution in [0.5, 0.6) is 0 Å². The maximum atomic E-state index is 14.1. The highest BCUT2D eigenvalue weighted by Crippen LogP contribution is 2.29. The molecule has 7 nitrogen and oxygen atoms in total. The fraction of sp³-hybridized carbons (Fsp3) is 0.538. The zero-order valence-corrected chi connectivity index (χ0v) is 23.1. The van der Waals surface area contributed by atoms with Crippen molar-refractivity contribution in [1.29, 1.82) is 0 Å². The van der Waals surface area contributed by atoms with Crippen LogP contribution < -0.4 is 0 Å². The Morgan fingerprint density at radius 3 is 2.29 bits per heavy atom. The van der Waals surface area contributed by atoms with E-state index >= 15 is 0 Å². The molecule has 0 radical (unpaired) electrons. The van der Waals surface area contributed by atoms with E-state index in [0.29, 0.717) is 30.5 Å². The molecule has 2 aromatic heterocycles. The van der Waals surface area contributed by atoms with Crippen LogP contribution in [0, 0.1) is 17.8 Å². The molecule has 1 atom stereocenters. The molecule has 0 unspecified atom stereocenters. The van der Waals surface area contributed by atoms with Crippen molar-refractivity contribution in [2.45, 2.75) is 65.4 Å². The Bertz CT molecular complexity index is 1190. The van der Waals surface area contributed by atoms with Gasteiger partial charge in [0.05, 0.1) is 23.2 Å². The average Bonchev–Trinajstić information content (AvgIpc) is 3.45. The summed E-state index contributed by atoms with van der Waals surface area (Å²) in [4.78, 5) is 21.0. The third-order valence-electron chi connectivity index (χ3n) is 5.64. The molecule has 0 aliphatic heterocycles. The van der Waals surface area contributed by atoms with Gasteiger partial charge in [0.25, 0.3) is 0 Å². The number of thiazole rings is 1. The maximum Gasteiger partial charge on any atom is 0.244 e. The van der Waals surface area contributed by atoms with Gasteiger partial charge < -0.3 is 9.32 Å². The van der Waals surface area contributed by atoms with E-state index in [-0.39, 0.29) is 35.1 Å². The van der Waals surface area contributed by atoms with Crippen molar-refractivity contribution < 1.29 is 17.6 Å². The van der Waals surface area contributed by atoms with Crippen LogP contribution in [0.1, 0.15) is 52.8 Å². The van der Waals surface area contributed by atoms with E-state index in [4.69, 9.17) is 4.42 Å². The molecule has 0 N–H and O–H groups in total. The molecule has 2 heterocycles. The number of fused-ring (bicyclic) bond motifs is 1. The topological polar surface area (TPSA) is 83.7 Å². The van der Waals surface area contributed by atoms with Crippen molar-refractivity contribution >= 4 is 38.2 Å². The lowest BCUT2D eigenvalue weighted by atomic mass is 10.0. The minimum absolute atomic E-state index is 0.0940. The largest absolute Gasteiger partial charge is 0.464 e. The van der Waals surface area contributed by atoms with Gasteiger partial charge in [0.1, 0.15) is 11.6 Å². The first-order valence-electron chi connectivity index (χ1n) is 12.1. The fourth-order valence-electron chi connectivity index (χ4n) is 4.21. The number of hydrogen-bond donors (Lipinski definition) is 0. The van der Waals surface area contributed by atoms with E-state index in [1.54, 1.807) is 36.0 Å². The number of rotatable bonds is 12. The first-order chi connectivity index (χ1) is 16.5. The number of nitrogens with zero attached hydrogens (tertiary/aromatic N) is 3. The van der Waals surface area contributed by atoms with E-state index < -0.39 is 16.1 Å². The number of benzene rings is 1. The van der Waals surface area contributed by atoms with Gasteiger partial charge >= 0.3 is 0 Å². The van der Waals surface area contributed by atoms with Gasteiger partial charge in [0.15, 0.2) is 0 Å². The average molecular weight is 520 g/mol. The summed E-state index contributed by atoms with van der Waals surface area (Å²) in [5, 5.41) is 0.705. The van der Waals surface area contributed by atoms with Crippen molar-refractivity contribution in [3.05, 3.63) is 47.1 Å². The number of furan rings is 1. The fourth-order valence-corrected chi connectivity index (χ4v) is 6.49. The van der Waals surface area contributed by atoms with Gasteiger partial charge in [-0.2, -0.15) is 4.31 Å². The Morgan fingerprint density at radius 1 is 1.03 bits per heavy atom. The molecule has 3 rings (SSSR count). The molecule has 0 spiro atoms. The summed E-state index contributed by atoms with van der Waals surface area (Å²) in [7, 11) is -4.00. The van der Waals surface area contributed by atoms with Crippen molar-refractivity contribution in [2.24, 2.45) is 17.8 Å². The van der Waals surface area contributed by atoms with E-state index in [9.17, 15) is 13.2 Å².